The molecule has 0 aromatic heterocycles. The van der Waals surface area contributed by atoms with Crippen LogP contribution in [0.1, 0.15) is 50.4 Å². The molecule has 0 heterocycles. The molecule has 2 N–H and O–H groups in total. The van der Waals surface area contributed by atoms with E-state index in [1.807, 2.05) is 13.8 Å². The highest BCUT2D eigenvalue weighted by atomic mass is 16.5. The average Bonchev–Trinajstić information content (AvgIpc) is 2.64. The first kappa shape index (κ1) is 22.8. The fourth-order valence-electron chi connectivity index (χ4n) is 2.26. The summed E-state index contributed by atoms with van der Waals surface area (Å²) in [6.45, 7) is 7.70. The van der Waals surface area contributed by atoms with Gasteiger partial charge < -0.3 is 24.8 Å². The zero-order chi connectivity index (χ0) is 20.1. The van der Waals surface area contributed by atoms with Crippen LogP contribution < -0.4 is 20.1 Å². The fourth-order valence-corrected chi connectivity index (χ4v) is 2.26. The molecule has 0 aliphatic heterocycles. The van der Waals surface area contributed by atoms with Gasteiger partial charge in [0.25, 0.3) is 11.8 Å². The maximum absolute atomic E-state index is 12.2. The van der Waals surface area contributed by atoms with Crippen LogP contribution in [0.25, 0.3) is 0 Å². The van der Waals surface area contributed by atoms with E-state index >= 15 is 0 Å². The first-order valence-corrected chi connectivity index (χ1v) is 9.44. The zero-order valence-electron chi connectivity index (χ0n) is 16.8. The van der Waals surface area contributed by atoms with Crippen LogP contribution in [-0.4, -0.2) is 51.3 Å². The maximum Gasteiger partial charge on any atom is 0.258 e. The Labute approximate surface area is 161 Å². The van der Waals surface area contributed by atoms with Crippen LogP contribution in [0, 0.1) is 0 Å². The van der Waals surface area contributed by atoms with Gasteiger partial charge in [-0.3, -0.25) is 9.59 Å². The summed E-state index contributed by atoms with van der Waals surface area (Å²) in [6.07, 6.45) is 2.93. The van der Waals surface area contributed by atoms with E-state index in [4.69, 9.17) is 14.2 Å². The van der Waals surface area contributed by atoms with Crippen molar-refractivity contribution < 1.29 is 23.8 Å². The Hall–Kier alpha value is -2.28. The Morgan fingerprint density at radius 1 is 1.11 bits per heavy atom. The molecule has 7 heteroatoms. The summed E-state index contributed by atoms with van der Waals surface area (Å²) >= 11 is 0. The Balaban J connectivity index is 2.48. The van der Waals surface area contributed by atoms with Crippen molar-refractivity contribution >= 4 is 11.8 Å². The molecule has 7 nitrogen and oxygen atoms in total. The number of benzene rings is 1. The molecule has 0 aliphatic rings. The van der Waals surface area contributed by atoms with Gasteiger partial charge in [-0.05, 0) is 44.9 Å². The fraction of sp³-hybridized carbons (Fsp3) is 0.600. The monoisotopic (exact) mass is 380 g/mol. The number of amides is 2. The molecule has 1 aromatic rings. The molecule has 1 rings (SSSR count). The van der Waals surface area contributed by atoms with Gasteiger partial charge in [0.2, 0.25) is 0 Å². The van der Waals surface area contributed by atoms with Crippen molar-refractivity contribution in [2.45, 2.75) is 46.1 Å². The molecule has 0 fully saturated rings. The van der Waals surface area contributed by atoms with E-state index in [-0.39, 0.29) is 24.5 Å². The third kappa shape index (κ3) is 9.28. The second kappa shape index (κ2) is 13.0. The standard InChI is InChI=1S/C20H32N2O5/c1-5-6-11-26-12-7-10-21-20(24)16-8-9-17(18(13-16)25-4)27-14-19(23)22-15(2)3/h8-9,13,15H,5-7,10-12,14H2,1-4H3,(H,21,24)(H,22,23). The minimum atomic E-state index is -0.213. The number of ether oxygens (including phenoxy) is 3. The highest BCUT2D eigenvalue weighted by Gasteiger charge is 2.12. The van der Waals surface area contributed by atoms with Crippen molar-refractivity contribution in [1.82, 2.24) is 10.6 Å². The van der Waals surface area contributed by atoms with E-state index in [9.17, 15) is 9.59 Å². The maximum atomic E-state index is 12.2. The minimum Gasteiger partial charge on any atom is -0.493 e. The van der Waals surface area contributed by atoms with Gasteiger partial charge in [-0.2, -0.15) is 0 Å². The van der Waals surface area contributed by atoms with Gasteiger partial charge >= 0.3 is 0 Å². The Bertz CT molecular complexity index is 590. The van der Waals surface area contributed by atoms with Crippen LogP contribution in [0.4, 0.5) is 0 Å². The van der Waals surface area contributed by atoms with E-state index in [0.717, 1.165) is 25.9 Å². The molecule has 0 atom stereocenters. The number of rotatable bonds is 13. The number of hydrogen-bond donors (Lipinski definition) is 2. The lowest BCUT2D eigenvalue weighted by molar-refractivity contribution is -0.123. The molecule has 0 aliphatic carbocycles. The lowest BCUT2D eigenvalue weighted by Gasteiger charge is -2.13. The molecule has 0 saturated carbocycles. The Morgan fingerprint density at radius 2 is 1.85 bits per heavy atom. The molecule has 2 amide bonds. The molecule has 152 valence electrons. The predicted octanol–water partition coefficient (Wildman–Crippen LogP) is 2.54. The van der Waals surface area contributed by atoms with Crippen LogP contribution in [0.3, 0.4) is 0 Å². The highest BCUT2D eigenvalue weighted by molar-refractivity contribution is 5.94. The third-order valence-electron chi connectivity index (χ3n) is 3.63. The van der Waals surface area contributed by atoms with Gasteiger partial charge in [0.15, 0.2) is 18.1 Å². The minimum absolute atomic E-state index is 0.0473. The second-order valence-electron chi connectivity index (χ2n) is 6.45. The normalized spacial score (nSPS) is 10.6. The van der Waals surface area contributed by atoms with E-state index < -0.39 is 0 Å². The van der Waals surface area contributed by atoms with E-state index in [1.54, 1.807) is 18.2 Å². The Kier molecular flexibility index (Phi) is 10.9. The second-order valence-corrected chi connectivity index (χ2v) is 6.45. The lowest BCUT2D eigenvalue weighted by Crippen LogP contribution is -2.34. The lowest BCUT2D eigenvalue weighted by atomic mass is 10.2. The van der Waals surface area contributed by atoms with Gasteiger partial charge in [0.1, 0.15) is 0 Å². The number of methoxy groups -OCH3 is 1. The number of nitrogens with one attached hydrogen (secondary N) is 2. The van der Waals surface area contributed by atoms with Gasteiger partial charge in [0.05, 0.1) is 7.11 Å². The van der Waals surface area contributed by atoms with Gasteiger partial charge in [-0.15, -0.1) is 0 Å². The molecule has 27 heavy (non-hydrogen) atoms. The van der Waals surface area contributed by atoms with Gasteiger partial charge in [-0.25, -0.2) is 0 Å². The summed E-state index contributed by atoms with van der Waals surface area (Å²) in [7, 11) is 1.49. The summed E-state index contributed by atoms with van der Waals surface area (Å²) in [5, 5.41) is 5.60. The van der Waals surface area contributed by atoms with Crippen LogP contribution in [-0.2, 0) is 9.53 Å². The van der Waals surface area contributed by atoms with Gasteiger partial charge in [-0.1, -0.05) is 13.3 Å². The molecular weight excluding hydrogens is 348 g/mol. The van der Waals surface area contributed by atoms with Crippen molar-refractivity contribution in [3.8, 4) is 11.5 Å². The summed E-state index contributed by atoms with van der Waals surface area (Å²) in [4.78, 5) is 23.9. The molecular formula is C20H32N2O5. The molecule has 1 aromatic carbocycles. The van der Waals surface area contributed by atoms with Crippen molar-refractivity contribution in [3.63, 3.8) is 0 Å². The number of unbranched alkanes of at least 4 members (excludes halogenated alkanes) is 1. The van der Waals surface area contributed by atoms with Crippen molar-refractivity contribution in [2.75, 3.05) is 33.5 Å². The van der Waals surface area contributed by atoms with Gasteiger partial charge in [0, 0.05) is 31.4 Å². The van der Waals surface area contributed by atoms with Crippen LogP contribution in [0.2, 0.25) is 0 Å². The smallest absolute Gasteiger partial charge is 0.258 e. The number of hydrogen-bond acceptors (Lipinski definition) is 5. The highest BCUT2D eigenvalue weighted by Crippen LogP contribution is 2.28. The first-order valence-electron chi connectivity index (χ1n) is 9.44. The SMILES string of the molecule is CCCCOCCCNC(=O)c1ccc(OCC(=O)NC(C)C)c(OC)c1. The van der Waals surface area contributed by atoms with Crippen molar-refractivity contribution in [3.05, 3.63) is 23.8 Å². The molecule has 0 unspecified atom stereocenters. The van der Waals surface area contributed by atoms with E-state index in [1.165, 1.54) is 7.11 Å². The van der Waals surface area contributed by atoms with Crippen molar-refractivity contribution in [2.24, 2.45) is 0 Å². The van der Waals surface area contributed by atoms with E-state index in [0.29, 0.717) is 30.2 Å². The van der Waals surface area contributed by atoms with Crippen LogP contribution in [0.15, 0.2) is 18.2 Å². The predicted molar refractivity (Wildman–Crippen MR) is 104 cm³/mol. The molecule has 0 radical (unpaired) electrons. The molecule has 0 spiro atoms. The zero-order valence-corrected chi connectivity index (χ0v) is 16.8. The largest absolute Gasteiger partial charge is 0.493 e. The van der Waals surface area contributed by atoms with Crippen molar-refractivity contribution in [1.29, 1.82) is 0 Å². The number of carbonyl (C=O) groups is 2. The third-order valence-corrected chi connectivity index (χ3v) is 3.63. The molecule has 0 bridgehead atoms. The topological polar surface area (TPSA) is 85.9 Å². The first-order chi connectivity index (χ1) is 13.0. The summed E-state index contributed by atoms with van der Waals surface area (Å²) < 4.78 is 16.2. The summed E-state index contributed by atoms with van der Waals surface area (Å²) in [5.41, 5.74) is 0.470. The summed E-state index contributed by atoms with van der Waals surface area (Å²) in [5.74, 6) is 0.418. The van der Waals surface area contributed by atoms with E-state index in [2.05, 4.69) is 17.6 Å². The quantitative estimate of drug-likeness (QED) is 0.514. The molecule has 0 saturated heterocycles. The number of carbonyl (C=O) groups excluding carboxylic acids is 2. The van der Waals surface area contributed by atoms with Crippen LogP contribution >= 0.6 is 0 Å². The summed E-state index contributed by atoms with van der Waals surface area (Å²) in [6, 6.07) is 4.92. The Morgan fingerprint density at radius 3 is 2.52 bits per heavy atom. The average molecular weight is 380 g/mol. The van der Waals surface area contributed by atoms with Crippen LogP contribution in [0.5, 0.6) is 11.5 Å².